The molecule has 0 radical (unpaired) electrons. The Labute approximate surface area is 102 Å². The van der Waals surface area contributed by atoms with Crippen LogP contribution in [0.3, 0.4) is 0 Å². The zero-order chi connectivity index (χ0) is 11.6. The molecule has 0 aliphatic heterocycles. The number of hydrogen-bond donors (Lipinski definition) is 0. The lowest BCUT2D eigenvalue weighted by Crippen LogP contribution is -2.10. The van der Waals surface area contributed by atoms with Gasteiger partial charge >= 0.3 is 6.18 Å². The van der Waals surface area contributed by atoms with Crippen molar-refractivity contribution < 1.29 is 17.9 Å². The van der Waals surface area contributed by atoms with E-state index in [-0.39, 0.29) is 16.8 Å². The molecule has 0 saturated heterocycles. The Morgan fingerprint density at radius 3 is 2.20 bits per heavy atom. The minimum atomic E-state index is -4.44. The second-order valence-electron chi connectivity index (χ2n) is 2.66. The Morgan fingerprint density at radius 1 is 1.20 bits per heavy atom. The normalized spacial score (nSPS) is 11.6. The first kappa shape index (κ1) is 12.8. The van der Waals surface area contributed by atoms with E-state index in [0.29, 0.717) is 4.47 Å². The van der Waals surface area contributed by atoms with Gasteiger partial charge in [-0.25, -0.2) is 0 Å². The van der Waals surface area contributed by atoms with Crippen LogP contribution in [0, 0.1) is 0 Å². The van der Waals surface area contributed by atoms with Gasteiger partial charge in [0.25, 0.3) is 0 Å². The van der Waals surface area contributed by atoms with Crippen molar-refractivity contribution in [1.29, 1.82) is 0 Å². The quantitative estimate of drug-likeness (QED) is 0.758. The van der Waals surface area contributed by atoms with Gasteiger partial charge in [-0.2, -0.15) is 13.2 Å². The molecular weight excluding hydrogens is 341 g/mol. The van der Waals surface area contributed by atoms with Crippen LogP contribution in [-0.2, 0) is 6.18 Å². The first-order valence-corrected chi connectivity index (χ1v) is 5.64. The predicted octanol–water partition coefficient (Wildman–Crippen LogP) is 4.63. The summed E-state index contributed by atoms with van der Waals surface area (Å²) in [7, 11) is 0. The van der Waals surface area contributed by atoms with E-state index in [0.717, 1.165) is 0 Å². The van der Waals surface area contributed by atoms with Crippen LogP contribution in [0.1, 0.15) is 12.5 Å². The van der Waals surface area contributed by atoms with E-state index in [1.54, 1.807) is 6.92 Å². The molecule has 0 aromatic heterocycles. The van der Waals surface area contributed by atoms with Gasteiger partial charge in [0.2, 0.25) is 0 Å². The first-order chi connectivity index (χ1) is 6.88. The van der Waals surface area contributed by atoms with Crippen molar-refractivity contribution in [3.63, 3.8) is 0 Å². The molecule has 0 saturated carbocycles. The summed E-state index contributed by atoms with van der Waals surface area (Å²) in [6.07, 6.45) is -4.44. The summed E-state index contributed by atoms with van der Waals surface area (Å²) in [6.45, 7) is 1.81. The summed E-state index contributed by atoms with van der Waals surface area (Å²) in [5, 5.41) is 0. The van der Waals surface area contributed by atoms with Gasteiger partial charge in [0.05, 0.1) is 11.1 Å². The molecule has 0 heterocycles. The molecule has 0 fully saturated rings. The summed E-state index contributed by atoms with van der Waals surface area (Å²) >= 11 is 5.90. The minimum Gasteiger partial charge on any atom is -0.492 e. The van der Waals surface area contributed by atoms with E-state index in [2.05, 4.69) is 31.9 Å². The smallest absolute Gasteiger partial charge is 0.421 e. The molecule has 0 aliphatic rings. The molecule has 0 N–H and O–H groups in total. The second kappa shape index (κ2) is 4.74. The van der Waals surface area contributed by atoms with E-state index in [1.807, 2.05) is 0 Å². The third-order valence-corrected chi connectivity index (χ3v) is 2.92. The molecule has 0 amide bonds. The van der Waals surface area contributed by atoms with Crippen molar-refractivity contribution in [3.8, 4) is 5.75 Å². The molecule has 1 rings (SSSR count). The Kier molecular flexibility index (Phi) is 4.06. The number of rotatable bonds is 2. The van der Waals surface area contributed by atoms with Crippen molar-refractivity contribution in [2.45, 2.75) is 13.1 Å². The fourth-order valence-electron chi connectivity index (χ4n) is 1.08. The van der Waals surface area contributed by atoms with Crippen molar-refractivity contribution in [1.82, 2.24) is 0 Å². The van der Waals surface area contributed by atoms with Crippen LogP contribution in [-0.4, -0.2) is 6.61 Å². The van der Waals surface area contributed by atoms with Gasteiger partial charge in [-0.15, -0.1) is 0 Å². The van der Waals surface area contributed by atoms with E-state index in [4.69, 9.17) is 4.74 Å². The van der Waals surface area contributed by atoms with Crippen LogP contribution in [0.4, 0.5) is 13.2 Å². The van der Waals surface area contributed by atoms with Gasteiger partial charge in [0, 0.05) is 4.47 Å². The Bertz CT molecular complexity index is 363. The largest absolute Gasteiger partial charge is 0.492 e. The summed E-state index contributed by atoms with van der Waals surface area (Å²) in [6, 6.07) is 2.83. The lowest BCUT2D eigenvalue weighted by molar-refractivity contribution is -0.139. The average Bonchev–Trinajstić information content (AvgIpc) is 2.09. The molecule has 0 spiro atoms. The Morgan fingerprint density at radius 2 is 1.73 bits per heavy atom. The molecule has 0 unspecified atom stereocenters. The van der Waals surface area contributed by atoms with Crippen molar-refractivity contribution in [3.05, 3.63) is 26.6 Å². The van der Waals surface area contributed by atoms with Crippen LogP contribution in [0.5, 0.6) is 5.75 Å². The lowest BCUT2D eigenvalue weighted by atomic mass is 10.2. The predicted molar refractivity (Wildman–Crippen MR) is 58.0 cm³/mol. The number of halogens is 5. The van der Waals surface area contributed by atoms with Crippen molar-refractivity contribution >= 4 is 31.9 Å². The molecule has 6 heteroatoms. The van der Waals surface area contributed by atoms with Gasteiger partial charge < -0.3 is 4.74 Å². The summed E-state index contributed by atoms with van der Waals surface area (Å²) in [5.41, 5.74) is -0.793. The summed E-state index contributed by atoms with van der Waals surface area (Å²) in [4.78, 5) is 0. The maximum Gasteiger partial charge on any atom is 0.421 e. The van der Waals surface area contributed by atoms with Gasteiger partial charge in [0.1, 0.15) is 11.3 Å². The summed E-state index contributed by atoms with van der Waals surface area (Å²) in [5.74, 6) is -0.181. The molecule has 84 valence electrons. The molecule has 15 heavy (non-hydrogen) atoms. The zero-order valence-corrected chi connectivity index (χ0v) is 10.8. The summed E-state index contributed by atoms with van der Waals surface area (Å²) < 4.78 is 43.3. The molecular formula is C9H7Br2F3O. The SMILES string of the molecule is CCOc1c(Br)ccc(Br)c1C(F)(F)F. The van der Waals surface area contributed by atoms with Crippen molar-refractivity contribution in [2.24, 2.45) is 0 Å². The maximum atomic E-state index is 12.7. The van der Waals surface area contributed by atoms with Crippen LogP contribution in [0.15, 0.2) is 21.1 Å². The van der Waals surface area contributed by atoms with Crippen LogP contribution in [0.2, 0.25) is 0 Å². The number of benzene rings is 1. The molecule has 1 aromatic rings. The topological polar surface area (TPSA) is 9.23 Å². The van der Waals surface area contributed by atoms with E-state index in [1.165, 1.54) is 12.1 Å². The highest BCUT2D eigenvalue weighted by Gasteiger charge is 2.37. The molecule has 0 aliphatic carbocycles. The minimum absolute atomic E-state index is 0.0262. The highest BCUT2D eigenvalue weighted by atomic mass is 79.9. The molecule has 1 nitrogen and oxygen atoms in total. The van der Waals surface area contributed by atoms with Gasteiger partial charge in [-0.05, 0) is 35.0 Å². The van der Waals surface area contributed by atoms with Crippen LogP contribution < -0.4 is 4.74 Å². The lowest BCUT2D eigenvalue weighted by Gasteiger charge is -2.16. The Hall–Kier alpha value is -0.230. The maximum absolute atomic E-state index is 12.7. The van der Waals surface area contributed by atoms with Crippen molar-refractivity contribution in [2.75, 3.05) is 6.61 Å². The Balaban J connectivity index is 3.38. The van der Waals surface area contributed by atoms with E-state index >= 15 is 0 Å². The van der Waals surface area contributed by atoms with E-state index in [9.17, 15) is 13.2 Å². The number of hydrogen-bond acceptors (Lipinski definition) is 1. The monoisotopic (exact) mass is 346 g/mol. The molecule has 1 aromatic carbocycles. The fraction of sp³-hybridized carbons (Fsp3) is 0.333. The third kappa shape index (κ3) is 2.87. The third-order valence-electron chi connectivity index (χ3n) is 1.63. The average molecular weight is 348 g/mol. The van der Waals surface area contributed by atoms with Crippen LogP contribution in [0.25, 0.3) is 0 Å². The second-order valence-corrected chi connectivity index (χ2v) is 4.37. The first-order valence-electron chi connectivity index (χ1n) is 4.06. The van der Waals surface area contributed by atoms with Gasteiger partial charge in [-0.3, -0.25) is 0 Å². The molecule has 0 atom stereocenters. The van der Waals surface area contributed by atoms with Crippen LogP contribution >= 0.6 is 31.9 Å². The fourth-order valence-corrected chi connectivity index (χ4v) is 2.06. The zero-order valence-electron chi connectivity index (χ0n) is 7.66. The standard InChI is InChI=1S/C9H7Br2F3O/c1-2-15-8-6(11)4-3-5(10)7(8)9(12,13)14/h3-4H,2H2,1H3. The van der Waals surface area contributed by atoms with E-state index < -0.39 is 11.7 Å². The van der Waals surface area contributed by atoms with Gasteiger partial charge in [0.15, 0.2) is 0 Å². The highest BCUT2D eigenvalue weighted by molar-refractivity contribution is 9.11. The number of ether oxygens (including phenoxy) is 1. The van der Waals surface area contributed by atoms with Gasteiger partial charge in [-0.1, -0.05) is 15.9 Å². The number of alkyl halides is 3. The highest BCUT2D eigenvalue weighted by Crippen LogP contribution is 2.44. The molecule has 0 bridgehead atoms.